The lowest BCUT2D eigenvalue weighted by Gasteiger charge is -2.32. The summed E-state index contributed by atoms with van der Waals surface area (Å²) in [6.07, 6.45) is 1.10. The van der Waals surface area contributed by atoms with Gasteiger partial charge in [0, 0.05) is 13.1 Å². The molecule has 0 spiro atoms. The SMILES string of the molecule is CCN(CC)C(C(=O)N1CCC(CNC)C1)c1ccccc1.Cl.Cl. The van der Waals surface area contributed by atoms with E-state index in [0.717, 1.165) is 44.7 Å². The predicted molar refractivity (Wildman–Crippen MR) is 105 cm³/mol. The van der Waals surface area contributed by atoms with E-state index < -0.39 is 0 Å². The molecule has 24 heavy (non-hydrogen) atoms. The molecule has 0 aliphatic carbocycles. The number of amides is 1. The van der Waals surface area contributed by atoms with Crippen LogP contribution in [0.1, 0.15) is 31.9 Å². The second-order valence-corrected chi connectivity index (χ2v) is 6.03. The van der Waals surface area contributed by atoms with E-state index in [9.17, 15) is 4.79 Å². The minimum atomic E-state index is -0.149. The molecule has 1 saturated heterocycles. The van der Waals surface area contributed by atoms with Crippen LogP contribution in [0, 0.1) is 5.92 Å². The zero-order valence-corrected chi connectivity index (χ0v) is 16.5. The van der Waals surface area contributed by atoms with Crippen LogP contribution in [0.5, 0.6) is 0 Å². The summed E-state index contributed by atoms with van der Waals surface area (Å²) in [7, 11) is 1.98. The Bertz CT molecular complexity index is 469. The highest BCUT2D eigenvalue weighted by Crippen LogP contribution is 2.26. The first kappa shape index (κ1) is 23.2. The van der Waals surface area contributed by atoms with E-state index in [4.69, 9.17) is 0 Å². The van der Waals surface area contributed by atoms with Gasteiger partial charge in [0.2, 0.25) is 5.91 Å². The van der Waals surface area contributed by atoms with Gasteiger partial charge < -0.3 is 10.2 Å². The fourth-order valence-corrected chi connectivity index (χ4v) is 3.39. The molecule has 0 bridgehead atoms. The van der Waals surface area contributed by atoms with Crippen molar-refractivity contribution in [1.29, 1.82) is 0 Å². The molecular weight excluding hydrogens is 345 g/mol. The maximum atomic E-state index is 13.1. The standard InChI is InChI=1S/C18H29N3O.2ClH/c1-4-20(5-2)17(16-9-7-6-8-10-16)18(22)21-12-11-15(14-21)13-19-3;;/h6-10,15,17,19H,4-5,11-14H2,1-3H3;2*1H. The zero-order valence-electron chi connectivity index (χ0n) is 14.9. The lowest BCUT2D eigenvalue weighted by Crippen LogP contribution is -2.42. The molecule has 1 aromatic carbocycles. The molecule has 6 heteroatoms. The Hall–Kier alpha value is -0.810. The van der Waals surface area contributed by atoms with E-state index in [0.29, 0.717) is 5.92 Å². The van der Waals surface area contributed by atoms with E-state index in [1.807, 2.05) is 25.2 Å². The maximum absolute atomic E-state index is 13.1. The summed E-state index contributed by atoms with van der Waals surface area (Å²) in [4.78, 5) is 17.4. The van der Waals surface area contributed by atoms with Crippen LogP contribution in [0.25, 0.3) is 0 Å². The molecule has 4 nitrogen and oxygen atoms in total. The lowest BCUT2D eigenvalue weighted by molar-refractivity contribution is -0.136. The Morgan fingerprint density at radius 3 is 2.42 bits per heavy atom. The monoisotopic (exact) mass is 375 g/mol. The van der Waals surface area contributed by atoms with Crippen molar-refractivity contribution in [2.24, 2.45) is 5.92 Å². The molecule has 1 N–H and O–H groups in total. The number of benzene rings is 1. The van der Waals surface area contributed by atoms with Gasteiger partial charge in [0.15, 0.2) is 0 Å². The smallest absolute Gasteiger partial charge is 0.244 e. The van der Waals surface area contributed by atoms with E-state index >= 15 is 0 Å². The van der Waals surface area contributed by atoms with E-state index in [2.05, 4.69) is 41.1 Å². The fraction of sp³-hybridized carbons (Fsp3) is 0.611. The lowest BCUT2D eigenvalue weighted by atomic mass is 10.0. The first-order valence-electron chi connectivity index (χ1n) is 8.43. The van der Waals surface area contributed by atoms with Gasteiger partial charge in [-0.05, 0) is 44.6 Å². The van der Waals surface area contributed by atoms with Crippen molar-refractivity contribution < 1.29 is 4.79 Å². The Morgan fingerprint density at radius 2 is 1.88 bits per heavy atom. The van der Waals surface area contributed by atoms with Crippen LogP contribution in [0.4, 0.5) is 0 Å². The summed E-state index contributed by atoms with van der Waals surface area (Å²) in [5, 5.41) is 3.23. The Kier molecular flexibility index (Phi) is 11.3. The molecule has 2 unspecified atom stereocenters. The Labute approximate surface area is 158 Å². The van der Waals surface area contributed by atoms with Crippen molar-refractivity contribution in [2.75, 3.05) is 39.8 Å². The first-order valence-corrected chi connectivity index (χ1v) is 8.43. The summed E-state index contributed by atoms with van der Waals surface area (Å²) >= 11 is 0. The molecule has 2 atom stereocenters. The average Bonchev–Trinajstić information content (AvgIpc) is 3.02. The molecule has 2 rings (SSSR count). The molecule has 1 aliphatic rings. The van der Waals surface area contributed by atoms with Gasteiger partial charge in [-0.2, -0.15) is 0 Å². The molecule has 0 saturated carbocycles. The number of hydrogen-bond acceptors (Lipinski definition) is 3. The Balaban J connectivity index is 0.00000264. The topological polar surface area (TPSA) is 35.6 Å². The third-order valence-electron chi connectivity index (χ3n) is 4.62. The van der Waals surface area contributed by atoms with Gasteiger partial charge in [0.25, 0.3) is 0 Å². The molecule has 1 heterocycles. The second-order valence-electron chi connectivity index (χ2n) is 6.03. The third kappa shape index (κ3) is 5.62. The number of carbonyl (C=O) groups excluding carboxylic acids is 1. The molecule has 1 fully saturated rings. The van der Waals surface area contributed by atoms with Crippen molar-refractivity contribution in [3.63, 3.8) is 0 Å². The summed E-state index contributed by atoms with van der Waals surface area (Å²) in [5.74, 6) is 0.843. The van der Waals surface area contributed by atoms with Gasteiger partial charge >= 0.3 is 0 Å². The summed E-state index contributed by atoms with van der Waals surface area (Å²) < 4.78 is 0. The van der Waals surface area contributed by atoms with Gasteiger partial charge in [-0.1, -0.05) is 44.2 Å². The number of likely N-dealkylation sites (tertiary alicyclic amines) is 1. The van der Waals surface area contributed by atoms with Crippen molar-refractivity contribution >= 4 is 30.7 Å². The number of nitrogens with zero attached hydrogens (tertiary/aromatic N) is 2. The minimum absolute atomic E-state index is 0. The summed E-state index contributed by atoms with van der Waals surface area (Å²) in [5.41, 5.74) is 1.10. The number of nitrogens with one attached hydrogen (secondary N) is 1. The largest absolute Gasteiger partial charge is 0.341 e. The van der Waals surface area contributed by atoms with E-state index in [1.54, 1.807) is 0 Å². The number of rotatable bonds is 7. The van der Waals surface area contributed by atoms with Crippen LogP contribution in [-0.2, 0) is 4.79 Å². The number of carbonyl (C=O) groups is 1. The normalized spacial score (nSPS) is 18.0. The minimum Gasteiger partial charge on any atom is -0.341 e. The van der Waals surface area contributed by atoms with Gasteiger partial charge in [0.05, 0.1) is 0 Å². The highest BCUT2D eigenvalue weighted by Gasteiger charge is 2.33. The Morgan fingerprint density at radius 1 is 1.25 bits per heavy atom. The summed E-state index contributed by atoms with van der Waals surface area (Å²) in [6, 6.07) is 10.0. The van der Waals surface area contributed by atoms with Crippen LogP contribution >= 0.6 is 24.8 Å². The van der Waals surface area contributed by atoms with Crippen LogP contribution in [0.15, 0.2) is 30.3 Å². The average molecular weight is 376 g/mol. The molecule has 1 aliphatic heterocycles. The first-order chi connectivity index (χ1) is 10.7. The van der Waals surface area contributed by atoms with Gasteiger partial charge in [0.1, 0.15) is 6.04 Å². The van der Waals surface area contributed by atoms with Crippen LogP contribution in [0.3, 0.4) is 0 Å². The van der Waals surface area contributed by atoms with Crippen molar-refractivity contribution in [1.82, 2.24) is 15.1 Å². The van der Waals surface area contributed by atoms with E-state index in [-0.39, 0.29) is 36.8 Å². The van der Waals surface area contributed by atoms with Crippen LogP contribution < -0.4 is 5.32 Å². The molecule has 1 amide bonds. The van der Waals surface area contributed by atoms with Gasteiger partial charge in [-0.15, -0.1) is 24.8 Å². The molecular formula is C18H31Cl2N3O. The zero-order chi connectivity index (χ0) is 15.9. The van der Waals surface area contributed by atoms with Crippen molar-refractivity contribution in [3.05, 3.63) is 35.9 Å². The number of hydrogen-bond donors (Lipinski definition) is 1. The number of likely N-dealkylation sites (N-methyl/N-ethyl adjacent to an activating group) is 1. The molecule has 0 radical (unpaired) electrons. The third-order valence-corrected chi connectivity index (χ3v) is 4.62. The van der Waals surface area contributed by atoms with Crippen molar-refractivity contribution in [2.45, 2.75) is 26.3 Å². The van der Waals surface area contributed by atoms with Gasteiger partial charge in [-0.25, -0.2) is 0 Å². The molecule has 0 aromatic heterocycles. The van der Waals surface area contributed by atoms with E-state index in [1.165, 1.54) is 0 Å². The highest BCUT2D eigenvalue weighted by atomic mass is 35.5. The van der Waals surface area contributed by atoms with Crippen LogP contribution in [0.2, 0.25) is 0 Å². The fourth-order valence-electron chi connectivity index (χ4n) is 3.39. The second kappa shape index (κ2) is 11.7. The van der Waals surface area contributed by atoms with Crippen LogP contribution in [-0.4, -0.2) is 55.5 Å². The molecule has 138 valence electrons. The van der Waals surface area contributed by atoms with Crippen molar-refractivity contribution in [3.8, 4) is 0 Å². The van der Waals surface area contributed by atoms with Gasteiger partial charge in [-0.3, -0.25) is 9.69 Å². The molecule has 1 aromatic rings. The maximum Gasteiger partial charge on any atom is 0.244 e. The highest BCUT2D eigenvalue weighted by molar-refractivity contribution is 5.85. The predicted octanol–water partition coefficient (Wildman–Crippen LogP) is 2.98. The quantitative estimate of drug-likeness (QED) is 0.795. The summed E-state index contributed by atoms with van der Waals surface area (Å²) in [6.45, 7) is 8.78. The number of halogens is 2.